The molecule has 3 aromatic rings. The summed E-state index contributed by atoms with van der Waals surface area (Å²) in [5.74, 6) is -0.151. The number of ether oxygens (including phenoxy) is 1. The molecule has 6 nitrogen and oxygen atoms in total. The van der Waals surface area contributed by atoms with E-state index in [-0.39, 0.29) is 35.0 Å². The Hall–Kier alpha value is -2.99. The van der Waals surface area contributed by atoms with Gasteiger partial charge < -0.3 is 14.6 Å². The van der Waals surface area contributed by atoms with Crippen molar-refractivity contribution >= 4 is 16.8 Å². The van der Waals surface area contributed by atoms with Crippen molar-refractivity contribution in [1.82, 2.24) is 14.9 Å². The number of amides is 1. The number of pyridine rings is 2. The second kappa shape index (κ2) is 7.69. The number of hydrogen-bond donors (Lipinski definition) is 1. The van der Waals surface area contributed by atoms with Crippen LogP contribution in [0.25, 0.3) is 10.9 Å². The SMILES string of the molecule is Cc1ccn(C2CC2)c(=O)c1C(=O)N[C@@H]1COC[C@H]1Cc1ccnc2ccccc12. The minimum atomic E-state index is -0.299. The van der Waals surface area contributed by atoms with E-state index in [9.17, 15) is 9.59 Å². The summed E-state index contributed by atoms with van der Waals surface area (Å²) in [6.45, 7) is 2.86. The molecule has 2 atom stereocenters. The summed E-state index contributed by atoms with van der Waals surface area (Å²) < 4.78 is 7.41. The number of rotatable bonds is 5. The number of nitrogens with one attached hydrogen (secondary N) is 1. The maximum absolute atomic E-state index is 13.1. The fraction of sp³-hybridized carbons (Fsp3) is 0.375. The molecule has 154 valence electrons. The Kier molecular flexibility index (Phi) is 4.87. The number of fused-ring (bicyclic) bond motifs is 1. The van der Waals surface area contributed by atoms with Crippen LogP contribution >= 0.6 is 0 Å². The van der Waals surface area contributed by atoms with E-state index in [1.807, 2.05) is 49.6 Å². The van der Waals surface area contributed by atoms with Crippen LogP contribution in [0, 0.1) is 12.8 Å². The van der Waals surface area contributed by atoms with Gasteiger partial charge in [0.15, 0.2) is 0 Å². The summed E-state index contributed by atoms with van der Waals surface area (Å²) in [5, 5.41) is 4.22. The molecule has 0 radical (unpaired) electrons. The number of hydrogen-bond acceptors (Lipinski definition) is 4. The van der Waals surface area contributed by atoms with Crippen molar-refractivity contribution in [3.63, 3.8) is 0 Å². The highest BCUT2D eigenvalue weighted by Gasteiger charge is 2.32. The van der Waals surface area contributed by atoms with Crippen molar-refractivity contribution in [2.45, 2.75) is 38.3 Å². The molecule has 2 aromatic heterocycles. The summed E-state index contributed by atoms with van der Waals surface area (Å²) >= 11 is 0. The van der Waals surface area contributed by atoms with Crippen molar-refractivity contribution in [3.8, 4) is 0 Å². The smallest absolute Gasteiger partial charge is 0.263 e. The average Bonchev–Trinajstić information content (AvgIpc) is 3.49. The normalized spacial score (nSPS) is 21.1. The fourth-order valence-corrected chi connectivity index (χ4v) is 4.37. The lowest BCUT2D eigenvalue weighted by Crippen LogP contribution is -2.43. The number of aryl methyl sites for hydroxylation is 1. The van der Waals surface area contributed by atoms with Crippen LogP contribution in [0.15, 0.2) is 53.6 Å². The zero-order chi connectivity index (χ0) is 20.7. The third-order valence-corrected chi connectivity index (χ3v) is 6.23. The number of carbonyl (C=O) groups excluding carboxylic acids is 1. The minimum absolute atomic E-state index is 0.127. The first-order chi connectivity index (χ1) is 14.6. The van der Waals surface area contributed by atoms with Gasteiger partial charge in [-0.05, 0) is 55.5 Å². The molecular weight excluding hydrogens is 378 g/mol. The molecule has 0 spiro atoms. The number of benzene rings is 1. The van der Waals surface area contributed by atoms with Crippen LogP contribution in [0.3, 0.4) is 0 Å². The Morgan fingerprint density at radius 2 is 2.03 bits per heavy atom. The molecule has 1 amide bonds. The highest BCUT2D eigenvalue weighted by Crippen LogP contribution is 2.33. The molecule has 1 saturated carbocycles. The van der Waals surface area contributed by atoms with Crippen LogP contribution < -0.4 is 10.9 Å². The van der Waals surface area contributed by atoms with Crippen LogP contribution in [-0.4, -0.2) is 34.7 Å². The zero-order valence-corrected chi connectivity index (χ0v) is 17.0. The van der Waals surface area contributed by atoms with Gasteiger partial charge in [-0.2, -0.15) is 0 Å². The number of nitrogens with zero attached hydrogens (tertiary/aromatic N) is 2. The van der Waals surface area contributed by atoms with Crippen LogP contribution in [0.1, 0.15) is 40.4 Å². The highest BCUT2D eigenvalue weighted by molar-refractivity contribution is 5.95. The van der Waals surface area contributed by atoms with Gasteiger partial charge in [-0.15, -0.1) is 0 Å². The molecule has 2 aliphatic rings. The second-order valence-electron chi connectivity index (χ2n) is 8.39. The summed E-state index contributed by atoms with van der Waals surface area (Å²) in [7, 11) is 0. The van der Waals surface area contributed by atoms with Crippen molar-refractivity contribution in [3.05, 3.63) is 75.8 Å². The van der Waals surface area contributed by atoms with E-state index in [4.69, 9.17) is 4.74 Å². The quantitative estimate of drug-likeness (QED) is 0.711. The van der Waals surface area contributed by atoms with Crippen molar-refractivity contribution in [2.24, 2.45) is 5.92 Å². The van der Waals surface area contributed by atoms with Crippen LogP contribution in [0.2, 0.25) is 0 Å². The first-order valence-electron chi connectivity index (χ1n) is 10.5. The predicted octanol–water partition coefficient (Wildman–Crippen LogP) is 3.03. The van der Waals surface area contributed by atoms with E-state index in [0.29, 0.717) is 18.8 Å². The minimum Gasteiger partial charge on any atom is -0.379 e. The lowest BCUT2D eigenvalue weighted by Gasteiger charge is -2.20. The molecule has 0 bridgehead atoms. The van der Waals surface area contributed by atoms with Crippen LogP contribution in [0.4, 0.5) is 0 Å². The molecule has 1 N–H and O–H groups in total. The predicted molar refractivity (Wildman–Crippen MR) is 115 cm³/mol. The first-order valence-corrected chi connectivity index (χ1v) is 10.5. The Bertz CT molecular complexity index is 1160. The van der Waals surface area contributed by atoms with Gasteiger partial charge >= 0.3 is 0 Å². The average molecular weight is 403 g/mol. The standard InChI is InChI=1S/C24H25N3O3/c1-15-9-11-27(18-6-7-18)24(29)22(15)23(28)26-21-14-30-13-17(21)12-16-8-10-25-20-5-3-2-4-19(16)20/h2-5,8-11,17-18,21H,6-7,12-14H2,1H3,(H,26,28)/t17-,21-/m1/s1. The Morgan fingerprint density at radius 3 is 2.87 bits per heavy atom. The van der Waals surface area contributed by atoms with Gasteiger partial charge in [0.2, 0.25) is 0 Å². The van der Waals surface area contributed by atoms with Crippen molar-refractivity contribution in [2.75, 3.05) is 13.2 Å². The molecule has 5 rings (SSSR count). The monoisotopic (exact) mass is 403 g/mol. The third kappa shape index (κ3) is 3.52. The van der Waals surface area contributed by atoms with Gasteiger partial charge in [0.1, 0.15) is 5.56 Å². The van der Waals surface area contributed by atoms with Crippen molar-refractivity contribution < 1.29 is 9.53 Å². The summed E-state index contributed by atoms with van der Waals surface area (Å²) in [4.78, 5) is 30.4. The molecule has 1 aliphatic carbocycles. The topological polar surface area (TPSA) is 73.2 Å². The molecule has 2 fully saturated rings. The Balaban J connectivity index is 1.37. The summed E-state index contributed by atoms with van der Waals surface area (Å²) in [6.07, 6.45) is 6.43. The maximum atomic E-state index is 13.1. The molecule has 6 heteroatoms. The number of para-hydroxylation sites is 1. The van der Waals surface area contributed by atoms with E-state index in [2.05, 4.69) is 16.4 Å². The molecular formula is C24H25N3O3. The first kappa shape index (κ1) is 19.0. The van der Waals surface area contributed by atoms with Crippen molar-refractivity contribution in [1.29, 1.82) is 0 Å². The molecule has 0 unspecified atom stereocenters. The molecule has 1 aliphatic heterocycles. The van der Waals surface area contributed by atoms with E-state index in [0.717, 1.165) is 30.2 Å². The van der Waals surface area contributed by atoms with Crippen LogP contribution in [0.5, 0.6) is 0 Å². The third-order valence-electron chi connectivity index (χ3n) is 6.23. The number of aromatic nitrogens is 2. The molecule has 30 heavy (non-hydrogen) atoms. The van der Waals surface area contributed by atoms with Gasteiger partial charge in [-0.25, -0.2) is 0 Å². The van der Waals surface area contributed by atoms with E-state index in [1.54, 1.807) is 4.57 Å². The zero-order valence-electron chi connectivity index (χ0n) is 17.0. The highest BCUT2D eigenvalue weighted by atomic mass is 16.5. The van der Waals surface area contributed by atoms with Gasteiger partial charge in [-0.1, -0.05) is 18.2 Å². The Morgan fingerprint density at radius 1 is 1.20 bits per heavy atom. The van der Waals surface area contributed by atoms with E-state index >= 15 is 0 Å². The lowest BCUT2D eigenvalue weighted by molar-refractivity contribution is 0.0922. The fourth-order valence-electron chi connectivity index (χ4n) is 4.37. The van der Waals surface area contributed by atoms with Gasteiger partial charge in [0, 0.05) is 29.7 Å². The van der Waals surface area contributed by atoms with Gasteiger partial charge in [-0.3, -0.25) is 14.6 Å². The van der Waals surface area contributed by atoms with Crippen LogP contribution in [-0.2, 0) is 11.2 Å². The van der Waals surface area contributed by atoms with E-state index < -0.39 is 0 Å². The second-order valence-corrected chi connectivity index (χ2v) is 8.39. The lowest BCUT2D eigenvalue weighted by atomic mass is 9.93. The van der Waals surface area contributed by atoms with Gasteiger partial charge in [0.25, 0.3) is 11.5 Å². The summed E-state index contributed by atoms with van der Waals surface area (Å²) in [6, 6.07) is 12.1. The molecule has 3 heterocycles. The maximum Gasteiger partial charge on any atom is 0.263 e. The largest absolute Gasteiger partial charge is 0.379 e. The van der Waals surface area contributed by atoms with Gasteiger partial charge in [0.05, 0.1) is 24.8 Å². The molecule has 1 saturated heterocycles. The Labute approximate surface area is 174 Å². The van der Waals surface area contributed by atoms with E-state index in [1.165, 1.54) is 5.56 Å². The summed E-state index contributed by atoms with van der Waals surface area (Å²) in [5.41, 5.74) is 2.94. The molecule has 1 aromatic carbocycles. The number of carbonyl (C=O) groups is 1.